The number of nitrogens with one attached hydrogen (secondary N) is 2. The third-order valence-electron chi connectivity index (χ3n) is 5.71. The number of nitrogens with zero attached hydrogens (tertiary/aromatic N) is 1. The van der Waals surface area contributed by atoms with Crippen molar-refractivity contribution >= 4 is 29.5 Å². The summed E-state index contributed by atoms with van der Waals surface area (Å²) >= 11 is 1.63. The molecule has 3 aliphatic heterocycles. The maximum Gasteiger partial charge on any atom is 0.244 e. The second kappa shape index (κ2) is 6.46. The van der Waals surface area contributed by atoms with E-state index in [1.807, 2.05) is 13.8 Å². The SMILES string of the molecule is CNC(=O)[C@@H]1[C@H]2C(=O)N([C@H](C)CO)C(C(=O)NC(C)C)C23CC[C@H]1S3. The van der Waals surface area contributed by atoms with E-state index in [0.717, 1.165) is 12.8 Å². The molecule has 3 saturated heterocycles. The van der Waals surface area contributed by atoms with Crippen LogP contribution in [0.25, 0.3) is 0 Å². The molecule has 25 heavy (non-hydrogen) atoms. The van der Waals surface area contributed by atoms with Crippen LogP contribution in [0.2, 0.25) is 0 Å². The van der Waals surface area contributed by atoms with Gasteiger partial charge < -0.3 is 20.6 Å². The van der Waals surface area contributed by atoms with Crippen molar-refractivity contribution in [2.45, 2.75) is 61.7 Å². The molecule has 7 nitrogen and oxygen atoms in total. The number of amides is 3. The zero-order valence-corrected chi connectivity index (χ0v) is 15.9. The number of hydrogen-bond donors (Lipinski definition) is 3. The molecule has 3 heterocycles. The minimum absolute atomic E-state index is 0.0392. The molecule has 3 fully saturated rings. The van der Waals surface area contributed by atoms with Gasteiger partial charge in [-0.3, -0.25) is 14.4 Å². The van der Waals surface area contributed by atoms with Crippen LogP contribution in [0.15, 0.2) is 0 Å². The molecule has 2 unspecified atom stereocenters. The molecule has 0 radical (unpaired) electrons. The molecule has 8 heteroatoms. The van der Waals surface area contributed by atoms with E-state index in [1.54, 1.807) is 25.7 Å². The van der Waals surface area contributed by atoms with Gasteiger partial charge in [0, 0.05) is 18.3 Å². The van der Waals surface area contributed by atoms with Crippen molar-refractivity contribution in [2.75, 3.05) is 13.7 Å². The molecule has 140 valence electrons. The van der Waals surface area contributed by atoms with Crippen molar-refractivity contribution in [3.63, 3.8) is 0 Å². The van der Waals surface area contributed by atoms with E-state index in [-0.39, 0.29) is 35.6 Å². The van der Waals surface area contributed by atoms with Crippen molar-refractivity contribution in [3.8, 4) is 0 Å². The summed E-state index contributed by atoms with van der Waals surface area (Å²) in [5, 5.41) is 15.3. The molecule has 3 aliphatic rings. The smallest absolute Gasteiger partial charge is 0.244 e. The minimum atomic E-state index is -0.640. The lowest BCUT2D eigenvalue weighted by Gasteiger charge is -2.36. The number of carbonyl (C=O) groups excluding carboxylic acids is 3. The highest BCUT2D eigenvalue weighted by atomic mass is 32.2. The summed E-state index contributed by atoms with van der Waals surface area (Å²) in [6.45, 7) is 5.31. The lowest BCUT2D eigenvalue weighted by Crippen LogP contribution is -2.57. The van der Waals surface area contributed by atoms with Gasteiger partial charge in [0.2, 0.25) is 17.7 Å². The van der Waals surface area contributed by atoms with E-state index in [2.05, 4.69) is 10.6 Å². The fraction of sp³-hybridized carbons (Fsp3) is 0.824. The maximum atomic E-state index is 13.2. The standard InChI is InChI=1S/C17H27N3O4S/c1-8(2)19-15(23)13-17-6-5-10(25-17)11(14(22)18-4)12(17)16(24)20(13)9(3)7-21/h8-13,21H,5-7H2,1-4H3,(H,18,22)(H,19,23)/t9-,10-,11+,12+,13?,17?/m1/s1. The number of thioether (sulfide) groups is 1. The van der Waals surface area contributed by atoms with Crippen LogP contribution >= 0.6 is 11.8 Å². The molecule has 3 amide bonds. The van der Waals surface area contributed by atoms with Gasteiger partial charge in [-0.05, 0) is 33.6 Å². The summed E-state index contributed by atoms with van der Waals surface area (Å²) in [6.07, 6.45) is 1.58. The highest BCUT2D eigenvalue weighted by Crippen LogP contribution is 2.66. The minimum Gasteiger partial charge on any atom is -0.394 e. The van der Waals surface area contributed by atoms with E-state index < -0.39 is 28.7 Å². The summed E-state index contributed by atoms with van der Waals surface area (Å²) in [6, 6.07) is -1.14. The average molecular weight is 369 g/mol. The monoisotopic (exact) mass is 369 g/mol. The van der Waals surface area contributed by atoms with Crippen molar-refractivity contribution < 1.29 is 19.5 Å². The Labute approximate surface area is 152 Å². The van der Waals surface area contributed by atoms with E-state index in [0.29, 0.717) is 0 Å². The second-order valence-corrected chi connectivity index (χ2v) is 9.21. The van der Waals surface area contributed by atoms with Gasteiger partial charge in [-0.2, -0.15) is 0 Å². The summed E-state index contributed by atoms with van der Waals surface area (Å²) in [7, 11) is 1.59. The Kier molecular flexibility index (Phi) is 4.79. The highest BCUT2D eigenvalue weighted by molar-refractivity contribution is 8.02. The number of rotatable bonds is 5. The first-order valence-corrected chi connectivity index (χ1v) is 9.79. The Morgan fingerprint density at radius 1 is 1.36 bits per heavy atom. The summed E-state index contributed by atoms with van der Waals surface area (Å²) in [5.41, 5.74) is 0. The van der Waals surface area contributed by atoms with Crippen LogP contribution in [-0.4, -0.2) is 69.5 Å². The van der Waals surface area contributed by atoms with Crippen LogP contribution in [0.4, 0.5) is 0 Å². The normalized spacial score (nSPS) is 37.4. The van der Waals surface area contributed by atoms with Gasteiger partial charge in [0.15, 0.2) is 0 Å². The number of fused-ring (bicyclic) bond motifs is 1. The largest absolute Gasteiger partial charge is 0.394 e. The molecular formula is C17H27N3O4S. The fourth-order valence-corrected chi connectivity index (χ4v) is 6.99. The van der Waals surface area contributed by atoms with Crippen molar-refractivity contribution in [3.05, 3.63) is 0 Å². The number of likely N-dealkylation sites (tertiary alicyclic amines) is 1. The maximum absolute atomic E-state index is 13.2. The molecule has 2 bridgehead atoms. The van der Waals surface area contributed by atoms with Crippen LogP contribution in [0.3, 0.4) is 0 Å². The Hall–Kier alpha value is -1.28. The van der Waals surface area contributed by atoms with Gasteiger partial charge in [0.1, 0.15) is 6.04 Å². The Balaban J connectivity index is 2.04. The molecule has 0 aliphatic carbocycles. The van der Waals surface area contributed by atoms with Crippen LogP contribution in [-0.2, 0) is 14.4 Å². The number of aliphatic hydroxyl groups excluding tert-OH is 1. The molecule has 0 aromatic rings. The van der Waals surface area contributed by atoms with Crippen molar-refractivity contribution in [1.29, 1.82) is 0 Å². The molecule has 0 saturated carbocycles. The van der Waals surface area contributed by atoms with Crippen molar-refractivity contribution in [1.82, 2.24) is 15.5 Å². The number of hydrogen-bond acceptors (Lipinski definition) is 5. The van der Waals surface area contributed by atoms with E-state index >= 15 is 0 Å². The number of aliphatic hydroxyl groups is 1. The molecule has 0 aromatic carbocycles. The predicted molar refractivity (Wildman–Crippen MR) is 94.9 cm³/mol. The van der Waals surface area contributed by atoms with E-state index in [4.69, 9.17) is 0 Å². The lowest BCUT2D eigenvalue weighted by molar-refractivity contribution is -0.142. The van der Waals surface area contributed by atoms with Crippen molar-refractivity contribution in [2.24, 2.45) is 11.8 Å². The topological polar surface area (TPSA) is 98.7 Å². The Morgan fingerprint density at radius 2 is 2.04 bits per heavy atom. The van der Waals surface area contributed by atoms with E-state index in [1.165, 1.54) is 4.90 Å². The lowest BCUT2D eigenvalue weighted by atomic mass is 9.70. The van der Waals surface area contributed by atoms with Crippen LogP contribution in [0.5, 0.6) is 0 Å². The number of carbonyl (C=O) groups is 3. The first kappa shape index (κ1) is 18.5. The van der Waals surface area contributed by atoms with Crippen LogP contribution < -0.4 is 10.6 Å². The molecule has 6 atom stereocenters. The van der Waals surface area contributed by atoms with Crippen LogP contribution in [0, 0.1) is 11.8 Å². The van der Waals surface area contributed by atoms with Gasteiger partial charge in [-0.15, -0.1) is 11.8 Å². The highest BCUT2D eigenvalue weighted by Gasteiger charge is 2.73. The average Bonchev–Trinajstić information content (AvgIpc) is 3.20. The quantitative estimate of drug-likeness (QED) is 0.620. The van der Waals surface area contributed by atoms with Gasteiger partial charge in [-0.1, -0.05) is 0 Å². The molecular weight excluding hydrogens is 342 g/mol. The fourth-order valence-electron chi connectivity index (χ4n) is 4.78. The predicted octanol–water partition coefficient (Wildman–Crippen LogP) is -0.271. The van der Waals surface area contributed by atoms with Gasteiger partial charge in [-0.25, -0.2) is 0 Å². The molecule has 0 aromatic heterocycles. The molecule has 3 N–H and O–H groups in total. The van der Waals surface area contributed by atoms with Crippen LogP contribution in [0.1, 0.15) is 33.6 Å². The Bertz CT molecular complexity index is 598. The first-order valence-electron chi connectivity index (χ1n) is 8.91. The van der Waals surface area contributed by atoms with E-state index in [9.17, 15) is 19.5 Å². The summed E-state index contributed by atoms with van der Waals surface area (Å²) in [4.78, 5) is 40.2. The second-order valence-electron chi connectivity index (χ2n) is 7.61. The van der Waals surface area contributed by atoms with Gasteiger partial charge >= 0.3 is 0 Å². The Morgan fingerprint density at radius 3 is 2.60 bits per heavy atom. The zero-order valence-electron chi connectivity index (χ0n) is 15.1. The third kappa shape index (κ3) is 2.56. The van der Waals surface area contributed by atoms with Gasteiger partial charge in [0.25, 0.3) is 0 Å². The summed E-state index contributed by atoms with van der Waals surface area (Å²) < 4.78 is -0.568. The molecule has 3 rings (SSSR count). The zero-order chi connectivity index (χ0) is 18.5. The first-order chi connectivity index (χ1) is 11.8. The summed E-state index contributed by atoms with van der Waals surface area (Å²) in [5.74, 6) is -1.38. The van der Waals surface area contributed by atoms with Gasteiger partial charge in [0.05, 0.1) is 29.2 Å². The third-order valence-corrected chi connectivity index (χ3v) is 7.66. The molecule has 1 spiro atoms.